The number of esters is 1. The van der Waals surface area contributed by atoms with Gasteiger partial charge in [-0.2, -0.15) is 0 Å². The predicted octanol–water partition coefficient (Wildman–Crippen LogP) is 4.46. The molecule has 0 aliphatic carbocycles. The molecule has 1 atom stereocenters. The van der Waals surface area contributed by atoms with Gasteiger partial charge in [-0.15, -0.1) is 0 Å². The van der Waals surface area contributed by atoms with Crippen molar-refractivity contribution in [3.05, 3.63) is 35.9 Å². The van der Waals surface area contributed by atoms with E-state index in [0.29, 0.717) is 25.3 Å². The Hall–Kier alpha value is -2.25. The zero-order valence-electron chi connectivity index (χ0n) is 19.7. The second kappa shape index (κ2) is 9.92. The summed E-state index contributed by atoms with van der Waals surface area (Å²) >= 11 is 0. The number of carbonyl (C=O) groups is 2. The maximum Gasteiger partial charge on any atom is 0.340 e. The van der Waals surface area contributed by atoms with Crippen LogP contribution >= 0.6 is 0 Å². The van der Waals surface area contributed by atoms with Gasteiger partial charge in [0.2, 0.25) is 0 Å². The molecular formula is C24H35NO6. The SMILES string of the molecule is CC1(C[C@@H](/C(COC(=O)C(C)(C)C)=N\OC(=O)C(C)(C)C)c2ccccc2)OCCO1. The van der Waals surface area contributed by atoms with Crippen molar-refractivity contribution in [3.63, 3.8) is 0 Å². The summed E-state index contributed by atoms with van der Waals surface area (Å²) in [6.07, 6.45) is 0.427. The van der Waals surface area contributed by atoms with Gasteiger partial charge in [-0.25, -0.2) is 4.79 Å². The van der Waals surface area contributed by atoms with Crippen LogP contribution in [0.15, 0.2) is 35.5 Å². The summed E-state index contributed by atoms with van der Waals surface area (Å²) in [4.78, 5) is 30.0. The molecule has 1 saturated heterocycles. The minimum atomic E-state index is -0.816. The number of hydrogen-bond acceptors (Lipinski definition) is 7. The van der Waals surface area contributed by atoms with Crippen LogP contribution in [0.3, 0.4) is 0 Å². The van der Waals surface area contributed by atoms with Gasteiger partial charge < -0.3 is 19.0 Å². The molecule has 0 radical (unpaired) electrons. The van der Waals surface area contributed by atoms with Crippen molar-refractivity contribution in [2.75, 3.05) is 19.8 Å². The summed E-state index contributed by atoms with van der Waals surface area (Å²) < 4.78 is 17.2. The highest BCUT2D eigenvalue weighted by Crippen LogP contribution is 2.34. The highest BCUT2D eigenvalue weighted by atomic mass is 16.7. The quantitative estimate of drug-likeness (QED) is 0.273. The van der Waals surface area contributed by atoms with E-state index in [4.69, 9.17) is 19.0 Å². The van der Waals surface area contributed by atoms with E-state index in [-0.39, 0.29) is 18.5 Å². The lowest BCUT2D eigenvalue weighted by Crippen LogP contribution is -2.34. The molecule has 1 aromatic carbocycles. The maximum atomic E-state index is 12.4. The van der Waals surface area contributed by atoms with Crippen molar-refractivity contribution in [2.45, 2.75) is 66.6 Å². The Labute approximate surface area is 185 Å². The topological polar surface area (TPSA) is 83.4 Å². The van der Waals surface area contributed by atoms with Crippen molar-refractivity contribution in [1.82, 2.24) is 0 Å². The smallest absolute Gasteiger partial charge is 0.340 e. The summed E-state index contributed by atoms with van der Waals surface area (Å²) in [5.74, 6) is -2.00. The van der Waals surface area contributed by atoms with Gasteiger partial charge in [-0.3, -0.25) is 4.79 Å². The molecule has 2 rings (SSSR count). The van der Waals surface area contributed by atoms with Crippen LogP contribution in [0.4, 0.5) is 0 Å². The molecule has 0 unspecified atom stereocenters. The lowest BCUT2D eigenvalue weighted by Gasteiger charge is -2.29. The molecule has 1 fully saturated rings. The predicted molar refractivity (Wildman–Crippen MR) is 118 cm³/mol. The average molecular weight is 434 g/mol. The average Bonchev–Trinajstić information content (AvgIpc) is 3.11. The molecule has 172 valence electrons. The number of nitrogens with zero attached hydrogens (tertiary/aromatic N) is 1. The fourth-order valence-corrected chi connectivity index (χ4v) is 2.94. The first-order valence-electron chi connectivity index (χ1n) is 10.6. The van der Waals surface area contributed by atoms with Crippen molar-refractivity contribution >= 4 is 17.7 Å². The largest absolute Gasteiger partial charge is 0.459 e. The van der Waals surface area contributed by atoms with Crippen LogP contribution in [-0.4, -0.2) is 43.3 Å². The molecule has 31 heavy (non-hydrogen) atoms. The van der Waals surface area contributed by atoms with Gasteiger partial charge in [0.1, 0.15) is 12.3 Å². The maximum absolute atomic E-state index is 12.4. The Morgan fingerprint density at radius 3 is 2.06 bits per heavy atom. The number of ether oxygens (including phenoxy) is 3. The minimum absolute atomic E-state index is 0.108. The molecule has 0 spiro atoms. The molecule has 1 aromatic rings. The molecule has 7 nitrogen and oxygen atoms in total. The van der Waals surface area contributed by atoms with Crippen molar-refractivity contribution in [1.29, 1.82) is 0 Å². The Kier molecular flexibility index (Phi) is 8.00. The first-order valence-corrected chi connectivity index (χ1v) is 10.6. The van der Waals surface area contributed by atoms with Crippen molar-refractivity contribution in [3.8, 4) is 0 Å². The summed E-state index contributed by atoms with van der Waals surface area (Å²) in [5.41, 5.74) is -0.0382. The number of hydrogen-bond donors (Lipinski definition) is 0. The van der Waals surface area contributed by atoms with E-state index >= 15 is 0 Å². The third-order valence-electron chi connectivity index (χ3n) is 4.90. The molecule has 0 N–H and O–H groups in total. The molecule has 0 aromatic heterocycles. The zero-order valence-corrected chi connectivity index (χ0v) is 19.7. The van der Waals surface area contributed by atoms with Crippen LogP contribution in [-0.2, 0) is 28.6 Å². The van der Waals surface area contributed by atoms with Crippen molar-refractivity contribution in [2.24, 2.45) is 16.0 Å². The first-order chi connectivity index (χ1) is 14.3. The molecule has 0 bridgehead atoms. The van der Waals surface area contributed by atoms with Gasteiger partial charge in [0.25, 0.3) is 0 Å². The molecular weight excluding hydrogens is 398 g/mol. The van der Waals surface area contributed by atoms with E-state index in [0.717, 1.165) is 5.56 Å². The van der Waals surface area contributed by atoms with Gasteiger partial charge in [0, 0.05) is 12.3 Å². The van der Waals surface area contributed by atoms with Gasteiger partial charge in [0.15, 0.2) is 5.79 Å². The molecule has 0 saturated carbocycles. The van der Waals surface area contributed by atoms with Crippen LogP contribution in [0.5, 0.6) is 0 Å². The van der Waals surface area contributed by atoms with E-state index < -0.39 is 22.6 Å². The first kappa shape index (κ1) is 25.0. The third-order valence-corrected chi connectivity index (χ3v) is 4.90. The van der Waals surface area contributed by atoms with E-state index in [9.17, 15) is 9.59 Å². The van der Waals surface area contributed by atoms with E-state index in [1.54, 1.807) is 41.5 Å². The highest BCUT2D eigenvalue weighted by Gasteiger charge is 2.37. The number of rotatable bonds is 7. The zero-order chi connectivity index (χ0) is 23.3. The third kappa shape index (κ3) is 7.43. The Morgan fingerprint density at radius 2 is 1.55 bits per heavy atom. The molecule has 1 heterocycles. The minimum Gasteiger partial charge on any atom is -0.459 e. The second-order valence-corrected chi connectivity index (χ2v) is 10.0. The molecule has 1 aliphatic heterocycles. The summed E-state index contributed by atoms with van der Waals surface area (Å²) in [6, 6.07) is 9.66. The van der Waals surface area contributed by atoms with E-state index in [1.807, 2.05) is 37.3 Å². The van der Waals surface area contributed by atoms with Crippen LogP contribution in [0.2, 0.25) is 0 Å². The monoisotopic (exact) mass is 433 g/mol. The lowest BCUT2D eigenvalue weighted by molar-refractivity contribution is -0.153. The van der Waals surface area contributed by atoms with Gasteiger partial charge >= 0.3 is 11.9 Å². The lowest BCUT2D eigenvalue weighted by atomic mass is 9.88. The van der Waals surface area contributed by atoms with E-state index in [1.165, 1.54) is 0 Å². The van der Waals surface area contributed by atoms with Gasteiger partial charge in [-0.05, 0) is 54.0 Å². The second-order valence-electron chi connectivity index (χ2n) is 10.0. The van der Waals surface area contributed by atoms with Gasteiger partial charge in [-0.1, -0.05) is 35.5 Å². The summed E-state index contributed by atoms with van der Waals surface area (Å²) in [7, 11) is 0. The number of benzene rings is 1. The fraction of sp³-hybridized carbons (Fsp3) is 0.625. The molecule has 0 amide bonds. The Balaban J connectivity index is 2.38. The molecule has 1 aliphatic rings. The van der Waals surface area contributed by atoms with Crippen LogP contribution in [0, 0.1) is 10.8 Å². The Bertz CT molecular complexity index is 783. The van der Waals surface area contributed by atoms with Crippen molar-refractivity contribution < 1.29 is 28.6 Å². The van der Waals surface area contributed by atoms with Crippen LogP contribution < -0.4 is 0 Å². The van der Waals surface area contributed by atoms with Gasteiger partial charge in [0.05, 0.1) is 24.0 Å². The Morgan fingerprint density at radius 1 is 1.00 bits per heavy atom. The highest BCUT2D eigenvalue weighted by molar-refractivity contribution is 5.94. The van der Waals surface area contributed by atoms with E-state index in [2.05, 4.69) is 5.16 Å². The fourth-order valence-electron chi connectivity index (χ4n) is 2.94. The van der Waals surface area contributed by atoms with Crippen LogP contribution in [0.1, 0.15) is 66.4 Å². The standard InChI is InChI=1S/C24H35NO6/c1-22(2,3)20(26)28-16-19(25-31-21(27)23(4,5)6)18(17-11-9-8-10-12-17)15-24(7)29-13-14-30-24/h8-12,18H,13-16H2,1-7H3/b25-19-/t18-/m1/s1. The van der Waals surface area contributed by atoms with Crippen LogP contribution in [0.25, 0.3) is 0 Å². The number of carbonyl (C=O) groups excluding carboxylic acids is 2. The summed E-state index contributed by atoms with van der Waals surface area (Å²) in [6.45, 7) is 13.4. The molecule has 7 heteroatoms. The number of oxime groups is 1. The normalized spacial score (nSPS) is 17.8. The summed E-state index contributed by atoms with van der Waals surface area (Å²) in [5, 5.41) is 4.17.